The van der Waals surface area contributed by atoms with Gasteiger partial charge in [-0.3, -0.25) is 0 Å². The first kappa shape index (κ1) is 14.3. The lowest BCUT2D eigenvalue weighted by Gasteiger charge is -2.22. The van der Waals surface area contributed by atoms with Crippen molar-refractivity contribution < 1.29 is 14.6 Å². The largest absolute Gasteiger partial charge is 0.497 e. The van der Waals surface area contributed by atoms with Gasteiger partial charge >= 0.3 is 0 Å². The Labute approximate surface area is 114 Å². The number of methoxy groups -OCH3 is 1. The molecule has 0 aliphatic carbocycles. The fourth-order valence-corrected chi connectivity index (χ4v) is 2.37. The quantitative estimate of drug-likeness (QED) is 0.824. The fraction of sp³-hybridized carbons (Fsp3) is 0.600. The second kappa shape index (κ2) is 6.89. The Balaban J connectivity index is 1.80. The minimum atomic E-state index is -0.505. The van der Waals surface area contributed by atoms with E-state index in [0.717, 1.165) is 30.8 Å². The average Bonchev–Trinajstić information content (AvgIpc) is 2.98. The summed E-state index contributed by atoms with van der Waals surface area (Å²) in [5, 5.41) is 13.5. The molecule has 1 aromatic carbocycles. The van der Waals surface area contributed by atoms with Crippen molar-refractivity contribution >= 4 is 0 Å². The van der Waals surface area contributed by atoms with E-state index in [1.165, 1.54) is 0 Å². The van der Waals surface area contributed by atoms with Crippen LogP contribution in [0.1, 0.15) is 31.4 Å². The van der Waals surface area contributed by atoms with Crippen LogP contribution in [0.4, 0.5) is 0 Å². The van der Waals surface area contributed by atoms with Crippen molar-refractivity contribution in [1.29, 1.82) is 0 Å². The molecule has 0 bridgehead atoms. The molecule has 1 fully saturated rings. The topological polar surface area (TPSA) is 50.7 Å². The molecule has 2 rings (SSSR count). The van der Waals surface area contributed by atoms with Gasteiger partial charge in [-0.1, -0.05) is 12.1 Å². The summed E-state index contributed by atoms with van der Waals surface area (Å²) in [5.41, 5.74) is 0.896. The van der Waals surface area contributed by atoms with Gasteiger partial charge in [-0.05, 0) is 37.5 Å². The summed E-state index contributed by atoms with van der Waals surface area (Å²) in [6.45, 7) is 3.50. The van der Waals surface area contributed by atoms with Gasteiger partial charge in [0, 0.05) is 19.2 Å². The van der Waals surface area contributed by atoms with E-state index < -0.39 is 6.10 Å². The predicted molar refractivity (Wildman–Crippen MR) is 74.4 cm³/mol. The number of nitrogens with one attached hydrogen (secondary N) is 1. The van der Waals surface area contributed by atoms with Crippen LogP contribution in [-0.4, -0.2) is 37.5 Å². The molecule has 0 spiro atoms. The van der Waals surface area contributed by atoms with Gasteiger partial charge in [0.15, 0.2) is 0 Å². The maximum Gasteiger partial charge on any atom is 0.118 e. The SMILES string of the molecule is COc1ccc(C(O)CNC(C)C2CCCO2)cc1. The van der Waals surface area contributed by atoms with Crippen LogP contribution in [0.2, 0.25) is 0 Å². The summed E-state index contributed by atoms with van der Waals surface area (Å²) in [4.78, 5) is 0. The first-order valence-corrected chi connectivity index (χ1v) is 6.87. The van der Waals surface area contributed by atoms with Crippen molar-refractivity contribution in [2.24, 2.45) is 0 Å². The molecule has 1 heterocycles. The Morgan fingerprint density at radius 2 is 2.16 bits per heavy atom. The second-order valence-electron chi connectivity index (χ2n) is 5.04. The van der Waals surface area contributed by atoms with Crippen molar-refractivity contribution in [3.8, 4) is 5.75 Å². The fourth-order valence-electron chi connectivity index (χ4n) is 2.37. The third-order valence-corrected chi connectivity index (χ3v) is 3.66. The first-order valence-electron chi connectivity index (χ1n) is 6.87. The summed E-state index contributed by atoms with van der Waals surface area (Å²) in [5.74, 6) is 0.802. The molecule has 106 valence electrons. The maximum absolute atomic E-state index is 10.1. The molecule has 19 heavy (non-hydrogen) atoms. The molecule has 4 heteroatoms. The van der Waals surface area contributed by atoms with Crippen LogP contribution in [0.15, 0.2) is 24.3 Å². The van der Waals surface area contributed by atoms with E-state index in [0.29, 0.717) is 6.54 Å². The lowest BCUT2D eigenvalue weighted by Crippen LogP contribution is -2.39. The monoisotopic (exact) mass is 265 g/mol. The molecule has 1 aliphatic rings. The molecule has 3 unspecified atom stereocenters. The van der Waals surface area contributed by atoms with Crippen LogP contribution in [0.5, 0.6) is 5.75 Å². The van der Waals surface area contributed by atoms with Crippen LogP contribution < -0.4 is 10.1 Å². The average molecular weight is 265 g/mol. The summed E-state index contributed by atoms with van der Waals surface area (Å²) in [6.07, 6.45) is 2.02. The highest BCUT2D eigenvalue weighted by molar-refractivity contribution is 5.28. The zero-order chi connectivity index (χ0) is 13.7. The van der Waals surface area contributed by atoms with E-state index in [1.54, 1.807) is 7.11 Å². The lowest BCUT2D eigenvalue weighted by atomic mass is 10.1. The number of hydrogen-bond donors (Lipinski definition) is 2. The summed E-state index contributed by atoms with van der Waals surface area (Å²) in [6, 6.07) is 7.78. The predicted octanol–water partition coefficient (Wildman–Crippen LogP) is 1.89. The highest BCUT2D eigenvalue weighted by Crippen LogP contribution is 2.19. The zero-order valence-corrected chi connectivity index (χ0v) is 11.6. The summed E-state index contributed by atoms with van der Waals surface area (Å²) in [7, 11) is 1.64. The normalized spacial score (nSPS) is 22.2. The van der Waals surface area contributed by atoms with Crippen molar-refractivity contribution in [1.82, 2.24) is 5.32 Å². The van der Waals surface area contributed by atoms with Gasteiger partial charge in [0.1, 0.15) is 5.75 Å². The maximum atomic E-state index is 10.1. The van der Waals surface area contributed by atoms with Gasteiger partial charge in [-0.15, -0.1) is 0 Å². The second-order valence-corrected chi connectivity index (χ2v) is 5.04. The Bertz CT molecular complexity index is 373. The Morgan fingerprint density at radius 1 is 1.42 bits per heavy atom. The van der Waals surface area contributed by atoms with Crippen LogP contribution >= 0.6 is 0 Å². The summed E-state index contributed by atoms with van der Waals surface area (Å²) >= 11 is 0. The third kappa shape index (κ3) is 3.93. The lowest BCUT2D eigenvalue weighted by molar-refractivity contribution is 0.0765. The van der Waals surface area contributed by atoms with E-state index >= 15 is 0 Å². The van der Waals surface area contributed by atoms with Crippen LogP contribution in [0, 0.1) is 0 Å². The molecule has 0 radical (unpaired) electrons. The number of aliphatic hydroxyl groups is 1. The molecule has 4 nitrogen and oxygen atoms in total. The van der Waals surface area contributed by atoms with Gasteiger partial charge < -0.3 is 19.9 Å². The number of benzene rings is 1. The van der Waals surface area contributed by atoms with E-state index in [9.17, 15) is 5.11 Å². The molecule has 0 aromatic heterocycles. The molecule has 2 N–H and O–H groups in total. The smallest absolute Gasteiger partial charge is 0.118 e. The molecular weight excluding hydrogens is 242 g/mol. The molecule has 0 saturated carbocycles. The standard InChI is InChI=1S/C15H23NO3/c1-11(15-4-3-9-19-15)16-10-14(17)12-5-7-13(18-2)8-6-12/h5-8,11,14-17H,3-4,9-10H2,1-2H3. The van der Waals surface area contributed by atoms with Gasteiger partial charge in [0.05, 0.1) is 19.3 Å². The van der Waals surface area contributed by atoms with Crippen LogP contribution in [0.3, 0.4) is 0 Å². The van der Waals surface area contributed by atoms with Crippen LogP contribution in [-0.2, 0) is 4.74 Å². The highest BCUT2D eigenvalue weighted by Gasteiger charge is 2.22. The van der Waals surface area contributed by atoms with E-state index in [4.69, 9.17) is 9.47 Å². The first-order chi connectivity index (χ1) is 9.20. The molecule has 1 aromatic rings. The van der Waals surface area contributed by atoms with Gasteiger partial charge in [0.25, 0.3) is 0 Å². The minimum Gasteiger partial charge on any atom is -0.497 e. The zero-order valence-electron chi connectivity index (χ0n) is 11.6. The number of aliphatic hydroxyl groups excluding tert-OH is 1. The molecular formula is C15H23NO3. The summed E-state index contributed by atoms with van der Waals surface area (Å²) < 4.78 is 10.7. The highest BCUT2D eigenvalue weighted by atomic mass is 16.5. The Kier molecular flexibility index (Phi) is 5.19. The third-order valence-electron chi connectivity index (χ3n) is 3.66. The number of rotatable bonds is 6. The number of hydrogen-bond acceptors (Lipinski definition) is 4. The van der Waals surface area contributed by atoms with E-state index in [1.807, 2.05) is 24.3 Å². The van der Waals surface area contributed by atoms with Crippen LogP contribution in [0.25, 0.3) is 0 Å². The Morgan fingerprint density at radius 3 is 2.74 bits per heavy atom. The molecule has 3 atom stereocenters. The molecule has 0 amide bonds. The van der Waals surface area contributed by atoms with Crippen molar-refractivity contribution in [2.75, 3.05) is 20.3 Å². The number of ether oxygens (including phenoxy) is 2. The van der Waals surface area contributed by atoms with E-state index in [2.05, 4.69) is 12.2 Å². The molecule has 1 saturated heterocycles. The van der Waals surface area contributed by atoms with Crippen molar-refractivity contribution in [2.45, 2.75) is 38.0 Å². The van der Waals surface area contributed by atoms with E-state index in [-0.39, 0.29) is 12.1 Å². The van der Waals surface area contributed by atoms with Crippen molar-refractivity contribution in [3.63, 3.8) is 0 Å². The Hall–Kier alpha value is -1.10. The minimum absolute atomic E-state index is 0.274. The van der Waals surface area contributed by atoms with Gasteiger partial charge in [-0.25, -0.2) is 0 Å². The van der Waals surface area contributed by atoms with Crippen molar-refractivity contribution in [3.05, 3.63) is 29.8 Å². The van der Waals surface area contributed by atoms with Gasteiger partial charge in [0.2, 0.25) is 0 Å². The van der Waals surface area contributed by atoms with Gasteiger partial charge in [-0.2, -0.15) is 0 Å². The molecule has 1 aliphatic heterocycles.